The SMILES string of the molecule is CN=C(NCCc1ccc(OCC(N)=O)cc1)N1CCC2(CCCCC2)C1. The number of hydrogen-bond donors (Lipinski definition) is 2. The number of amides is 1. The topological polar surface area (TPSA) is 80.0 Å². The van der Waals surface area contributed by atoms with Gasteiger partial charge in [-0.05, 0) is 48.8 Å². The van der Waals surface area contributed by atoms with Gasteiger partial charge >= 0.3 is 0 Å². The van der Waals surface area contributed by atoms with Crippen molar-refractivity contribution in [2.45, 2.75) is 44.9 Å². The summed E-state index contributed by atoms with van der Waals surface area (Å²) < 4.78 is 5.29. The summed E-state index contributed by atoms with van der Waals surface area (Å²) in [5, 5.41) is 3.52. The average Bonchev–Trinajstić information content (AvgIpc) is 3.08. The summed E-state index contributed by atoms with van der Waals surface area (Å²) >= 11 is 0. The number of likely N-dealkylation sites (tertiary alicyclic amines) is 1. The molecule has 0 atom stereocenters. The summed E-state index contributed by atoms with van der Waals surface area (Å²) in [4.78, 5) is 17.7. The van der Waals surface area contributed by atoms with Gasteiger partial charge in [0, 0.05) is 26.7 Å². The molecule has 3 rings (SSSR count). The van der Waals surface area contributed by atoms with Crippen LogP contribution in [0.1, 0.15) is 44.1 Å². The lowest BCUT2D eigenvalue weighted by molar-refractivity contribution is -0.119. The van der Waals surface area contributed by atoms with Gasteiger partial charge in [0.05, 0.1) is 0 Å². The van der Waals surface area contributed by atoms with Gasteiger partial charge in [0.15, 0.2) is 12.6 Å². The summed E-state index contributed by atoms with van der Waals surface area (Å²) in [6.45, 7) is 3.02. The highest BCUT2D eigenvalue weighted by Crippen LogP contribution is 2.43. The summed E-state index contributed by atoms with van der Waals surface area (Å²) in [6, 6.07) is 7.79. The van der Waals surface area contributed by atoms with Crippen molar-refractivity contribution < 1.29 is 9.53 Å². The number of carbonyl (C=O) groups excluding carboxylic acids is 1. The van der Waals surface area contributed by atoms with Crippen LogP contribution in [0.25, 0.3) is 0 Å². The number of primary amides is 1. The third-order valence-corrected chi connectivity index (χ3v) is 5.87. The van der Waals surface area contributed by atoms with E-state index < -0.39 is 5.91 Å². The van der Waals surface area contributed by atoms with E-state index in [9.17, 15) is 4.79 Å². The second-order valence-corrected chi connectivity index (χ2v) is 7.86. The number of carbonyl (C=O) groups is 1. The first kappa shape index (κ1) is 19.5. The number of hydrogen-bond acceptors (Lipinski definition) is 3. The first-order valence-electron chi connectivity index (χ1n) is 10.1. The molecule has 1 aromatic rings. The average molecular weight is 373 g/mol. The molecular weight excluding hydrogens is 340 g/mol. The fraction of sp³-hybridized carbons (Fsp3) is 0.619. The molecule has 3 N–H and O–H groups in total. The Hall–Kier alpha value is -2.24. The van der Waals surface area contributed by atoms with Crippen LogP contribution in [0, 0.1) is 5.41 Å². The number of ether oxygens (including phenoxy) is 1. The van der Waals surface area contributed by atoms with Gasteiger partial charge < -0.3 is 20.7 Å². The molecule has 0 bridgehead atoms. The first-order valence-corrected chi connectivity index (χ1v) is 10.1. The van der Waals surface area contributed by atoms with E-state index in [2.05, 4.69) is 15.2 Å². The highest BCUT2D eigenvalue weighted by atomic mass is 16.5. The van der Waals surface area contributed by atoms with E-state index in [1.165, 1.54) is 44.1 Å². The van der Waals surface area contributed by atoms with E-state index in [1.807, 2.05) is 31.3 Å². The van der Waals surface area contributed by atoms with Crippen LogP contribution < -0.4 is 15.8 Å². The van der Waals surface area contributed by atoms with Crippen LogP contribution in [0.15, 0.2) is 29.3 Å². The van der Waals surface area contributed by atoms with E-state index >= 15 is 0 Å². The molecule has 0 radical (unpaired) electrons. The molecular formula is C21H32N4O2. The maximum atomic E-state index is 10.8. The van der Waals surface area contributed by atoms with Gasteiger partial charge in [0.25, 0.3) is 5.91 Å². The van der Waals surface area contributed by atoms with Gasteiger partial charge in [-0.3, -0.25) is 9.79 Å². The van der Waals surface area contributed by atoms with Gasteiger partial charge in [-0.25, -0.2) is 0 Å². The molecule has 148 valence electrons. The Morgan fingerprint density at radius 2 is 1.96 bits per heavy atom. The van der Waals surface area contributed by atoms with Crippen molar-refractivity contribution in [1.29, 1.82) is 0 Å². The zero-order valence-corrected chi connectivity index (χ0v) is 16.4. The van der Waals surface area contributed by atoms with E-state index in [0.29, 0.717) is 11.2 Å². The number of guanidine groups is 1. The largest absolute Gasteiger partial charge is 0.484 e. The quantitative estimate of drug-likeness (QED) is 0.593. The lowest BCUT2D eigenvalue weighted by Gasteiger charge is -2.33. The lowest BCUT2D eigenvalue weighted by Crippen LogP contribution is -2.42. The maximum Gasteiger partial charge on any atom is 0.255 e. The van der Waals surface area contributed by atoms with E-state index in [1.54, 1.807) is 0 Å². The van der Waals surface area contributed by atoms with Crippen molar-refractivity contribution in [2.24, 2.45) is 16.1 Å². The van der Waals surface area contributed by atoms with Crippen LogP contribution in [0.5, 0.6) is 5.75 Å². The number of nitrogens with one attached hydrogen (secondary N) is 1. The number of nitrogens with two attached hydrogens (primary N) is 1. The molecule has 2 fully saturated rings. The molecule has 27 heavy (non-hydrogen) atoms. The number of rotatable bonds is 6. The molecule has 1 spiro atoms. The van der Waals surface area contributed by atoms with Gasteiger partial charge in [0.2, 0.25) is 0 Å². The van der Waals surface area contributed by atoms with Gasteiger partial charge in [-0.15, -0.1) is 0 Å². The van der Waals surface area contributed by atoms with Crippen LogP contribution in [0.3, 0.4) is 0 Å². The smallest absolute Gasteiger partial charge is 0.255 e. The first-order chi connectivity index (χ1) is 13.1. The minimum atomic E-state index is -0.466. The molecule has 1 amide bonds. The molecule has 6 nitrogen and oxygen atoms in total. The van der Waals surface area contributed by atoms with Gasteiger partial charge in [-0.1, -0.05) is 31.4 Å². The van der Waals surface area contributed by atoms with Crippen LogP contribution in [-0.4, -0.2) is 50.1 Å². The van der Waals surface area contributed by atoms with Crippen molar-refractivity contribution >= 4 is 11.9 Å². The Bertz CT molecular complexity index is 651. The highest BCUT2D eigenvalue weighted by molar-refractivity contribution is 5.80. The van der Waals surface area contributed by atoms with Crippen molar-refractivity contribution in [1.82, 2.24) is 10.2 Å². The second-order valence-electron chi connectivity index (χ2n) is 7.86. The molecule has 1 aliphatic heterocycles. The monoisotopic (exact) mass is 372 g/mol. The molecule has 1 heterocycles. The molecule has 1 aliphatic carbocycles. The fourth-order valence-corrected chi connectivity index (χ4v) is 4.38. The molecule has 0 unspecified atom stereocenters. The highest BCUT2D eigenvalue weighted by Gasteiger charge is 2.39. The van der Waals surface area contributed by atoms with Gasteiger partial charge in [0.1, 0.15) is 5.75 Å². The number of benzene rings is 1. The lowest BCUT2D eigenvalue weighted by atomic mass is 9.73. The third kappa shape index (κ3) is 5.37. The summed E-state index contributed by atoms with van der Waals surface area (Å²) in [6.07, 6.45) is 9.16. The van der Waals surface area contributed by atoms with Crippen molar-refractivity contribution in [2.75, 3.05) is 33.3 Å². The third-order valence-electron chi connectivity index (χ3n) is 5.87. The van der Waals surface area contributed by atoms with E-state index in [4.69, 9.17) is 10.5 Å². The van der Waals surface area contributed by atoms with Crippen LogP contribution in [-0.2, 0) is 11.2 Å². The zero-order valence-electron chi connectivity index (χ0n) is 16.4. The van der Waals surface area contributed by atoms with E-state index in [0.717, 1.165) is 32.0 Å². The van der Waals surface area contributed by atoms with Crippen molar-refractivity contribution in [3.63, 3.8) is 0 Å². The van der Waals surface area contributed by atoms with E-state index in [-0.39, 0.29) is 6.61 Å². The minimum Gasteiger partial charge on any atom is -0.484 e. The molecule has 2 aliphatic rings. The molecule has 1 aromatic carbocycles. The van der Waals surface area contributed by atoms with Crippen LogP contribution in [0.2, 0.25) is 0 Å². The Balaban J connectivity index is 1.44. The standard InChI is InChI=1S/C21H32N4O2/c1-23-20(25-14-12-21(16-25)10-3-2-4-11-21)24-13-9-17-5-7-18(8-6-17)27-15-19(22)26/h5-8H,2-4,9-16H2,1H3,(H2,22,26)(H,23,24). The van der Waals surface area contributed by atoms with Gasteiger partial charge in [-0.2, -0.15) is 0 Å². The Kier molecular flexibility index (Phi) is 6.58. The second kappa shape index (κ2) is 9.11. The normalized spacial score (nSPS) is 19.3. The van der Waals surface area contributed by atoms with Crippen molar-refractivity contribution in [3.05, 3.63) is 29.8 Å². The Labute approximate surface area is 162 Å². The van der Waals surface area contributed by atoms with Crippen molar-refractivity contribution in [3.8, 4) is 5.75 Å². The molecule has 6 heteroatoms. The predicted octanol–water partition coefficient (Wildman–Crippen LogP) is 2.32. The Morgan fingerprint density at radius 3 is 2.63 bits per heavy atom. The summed E-state index contributed by atoms with van der Waals surface area (Å²) in [5.41, 5.74) is 6.84. The molecule has 1 saturated carbocycles. The number of nitrogens with zero attached hydrogens (tertiary/aromatic N) is 2. The zero-order chi connectivity index (χ0) is 19.1. The minimum absolute atomic E-state index is 0.0887. The fourth-order valence-electron chi connectivity index (χ4n) is 4.38. The summed E-state index contributed by atoms with van der Waals surface area (Å²) in [5.74, 6) is 1.22. The predicted molar refractivity (Wildman–Crippen MR) is 108 cm³/mol. The van der Waals surface area contributed by atoms with Crippen LogP contribution >= 0.6 is 0 Å². The summed E-state index contributed by atoms with van der Waals surface area (Å²) in [7, 11) is 1.87. The molecule has 0 aromatic heterocycles. The molecule has 1 saturated heterocycles. The Morgan fingerprint density at radius 1 is 1.22 bits per heavy atom. The maximum absolute atomic E-state index is 10.8. The number of aliphatic imine (C=N–C) groups is 1. The van der Waals surface area contributed by atoms with Crippen LogP contribution in [0.4, 0.5) is 0 Å².